The molecule has 3 rings (SSSR count). The maximum atomic E-state index is 12.7. The number of rotatable bonds is 5. The van der Waals surface area contributed by atoms with E-state index in [0.717, 1.165) is 58.8 Å². The Bertz CT molecular complexity index is 409. The van der Waals surface area contributed by atoms with Gasteiger partial charge < -0.3 is 15.0 Å². The van der Waals surface area contributed by atoms with Crippen molar-refractivity contribution in [2.75, 3.05) is 53.0 Å². The first-order valence-corrected chi connectivity index (χ1v) is 9.90. The van der Waals surface area contributed by atoms with Crippen LogP contribution in [0.1, 0.15) is 45.4 Å². The average Bonchev–Trinajstić information content (AvgIpc) is 3.16. The number of hydrogen-bond acceptors (Lipinski definition) is 4. The van der Waals surface area contributed by atoms with Gasteiger partial charge in [-0.25, -0.2) is 0 Å². The number of amides is 1. The third-order valence-electron chi connectivity index (χ3n) is 6.71. The number of piperidine rings is 1. The molecule has 0 aromatic heterocycles. The van der Waals surface area contributed by atoms with E-state index in [-0.39, 0.29) is 17.4 Å². The lowest BCUT2D eigenvalue weighted by Crippen LogP contribution is -2.62. The van der Waals surface area contributed by atoms with Crippen LogP contribution in [0, 0.1) is 11.8 Å². The number of nitrogens with one attached hydrogen (secondary N) is 1. The second-order valence-corrected chi connectivity index (χ2v) is 8.18. The predicted molar refractivity (Wildman–Crippen MR) is 96.0 cm³/mol. The lowest BCUT2D eigenvalue weighted by Gasteiger charge is -2.49. The van der Waals surface area contributed by atoms with Gasteiger partial charge in [0.2, 0.25) is 5.91 Å². The number of carbonyl (C=O) groups is 1. The highest BCUT2D eigenvalue weighted by Gasteiger charge is 2.40. The van der Waals surface area contributed by atoms with Gasteiger partial charge in [0.25, 0.3) is 0 Å². The third kappa shape index (κ3) is 4.12. The summed E-state index contributed by atoms with van der Waals surface area (Å²) >= 11 is 0. The van der Waals surface area contributed by atoms with Crippen LogP contribution in [-0.2, 0) is 9.53 Å². The highest BCUT2D eigenvalue weighted by atomic mass is 16.5. The Labute approximate surface area is 147 Å². The van der Waals surface area contributed by atoms with Gasteiger partial charge in [0.05, 0.1) is 13.2 Å². The molecule has 0 spiro atoms. The van der Waals surface area contributed by atoms with E-state index in [1.54, 1.807) is 0 Å². The van der Waals surface area contributed by atoms with E-state index in [0.29, 0.717) is 5.92 Å². The maximum Gasteiger partial charge on any atom is 0.223 e. The van der Waals surface area contributed by atoms with E-state index in [4.69, 9.17) is 4.74 Å². The molecule has 0 aromatic rings. The molecule has 138 valence electrons. The molecule has 2 aliphatic heterocycles. The lowest BCUT2D eigenvalue weighted by molar-refractivity contribution is -0.127. The normalized spacial score (nSPS) is 27.9. The number of hydrogen-bond donors (Lipinski definition) is 1. The largest absolute Gasteiger partial charge is 0.379 e. The molecule has 1 atom stereocenters. The smallest absolute Gasteiger partial charge is 0.223 e. The van der Waals surface area contributed by atoms with E-state index in [9.17, 15) is 4.79 Å². The fraction of sp³-hybridized carbons (Fsp3) is 0.947. The second-order valence-electron chi connectivity index (χ2n) is 8.18. The predicted octanol–water partition coefficient (Wildman–Crippen LogP) is 1.73. The fourth-order valence-electron chi connectivity index (χ4n) is 4.76. The van der Waals surface area contributed by atoms with Crippen molar-refractivity contribution in [1.29, 1.82) is 0 Å². The Morgan fingerprint density at radius 2 is 1.79 bits per heavy atom. The molecule has 2 saturated heterocycles. The van der Waals surface area contributed by atoms with Crippen LogP contribution in [-0.4, -0.2) is 74.2 Å². The van der Waals surface area contributed by atoms with Gasteiger partial charge in [0.15, 0.2) is 0 Å². The van der Waals surface area contributed by atoms with Crippen LogP contribution in [0.4, 0.5) is 0 Å². The Balaban J connectivity index is 1.60. The molecule has 3 fully saturated rings. The number of ether oxygens (including phenoxy) is 1. The average molecular weight is 338 g/mol. The van der Waals surface area contributed by atoms with E-state index in [1.807, 2.05) is 0 Å². The van der Waals surface area contributed by atoms with Gasteiger partial charge in [0, 0.05) is 31.1 Å². The van der Waals surface area contributed by atoms with Crippen molar-refractivity contribution in [2.24, 2.45) is 11.8 Å². The molecule has 24 heavy (non-hydrogen) atoms. The Morgan fingerprint density at radius 3 is 2.42 bits per heavy atom. The Morgan fingerprint density at radius 1 is 1.17 bits per heavy atom. The van der Waals surface area contributed by atoms with Crippen LogP contribution < -0.4 is 5.32 Å². The first-order valence-electron chi connectivity index (χ1n) is 9.90. The van der Waals surface area contributed by atoms with Crippen LogP contribution in [0.25, 0.3) is 0 Å². The van der Waals surface area contributed by atoms with Gasteiger partial charge >= 0.3 is 0 Å². The minimum absolute atomic E-state index is 0.126. The van der Waals surface area contributed by atoms with Crippen molar-refractivity contribution in [1.82, 2.24) is 15.1 Å². The van der Waals surface area contributed by atoms with Gasteiger partial charge in [-0.15, -0.1) is 0 Å². The quantitative estimate of drug-likeness (QED) is 0.830. The van der Waals surface area contributed by atoms with Gasteiger partial charge in [-0.05, 0) is 51.7 Å². The minimum atomic E-state index is 0.126. The molecular weight excluding hydrogens is 302 g/mol. The zero-order valence-electron chi connectivity index (χ0n) is 15.6. The minimum Gasteiger partial charge on any atom is -0.379 e. The summed E-state index contributed by atoms with van der Waals surface area (Å²) in [5, 5.41) is 3.34. The molecule has 1 amide bonds. The molecule has 3 aliphatic rings. The highest BCUT2D eigenvalue weighted by Crippen LogP contribution is 2.32. The third-order valence-corrected chi connectivity index (χ3v) is 6.71. The summed E-state index contributed by atoms with van der Waals surface area (Å²) < 4.78 is 5.55. The topological polar surface area (TPSA) is 44.8 Å². The van der Waals surface area contributed by atoms with Crippen molar-refractivity contribution in [3.8, 4) is 0 Å². The monoisotopic (exact) mass is 337 g/mol. The zero-order chi connectivity index (χ0) is 17.0. The summed E-state index contributed by atoms with van der Waals surface area (Å²) in [6, 6.07) is 0. The Hall–Kier alpha value is -0.650. The van der Waals surface area contributed by atoms with Crippen LogP contribution in [0.15, 0.2) is 0 Å². The summed E-state index contributed by atoms with van der Waals surface area (Å²) in [6.07, 6.45) is 7.34. The molecule has 2 heterocycles. The van der Waals surface area contributed by atoms with Crippen molar-refractivity contribution in [2.45, 2.75) is 51.0 Å². The number of morpholine rings is 1. The molecule has 1 saturated carbocycles. The molecule has 5 heteroatoms. The van der Waals surface area contributed by atoms with Gasteiger partial charge in [0.1, 0.15) is 0 Å². The van der Waals surface area contributed by atoms with E-state index in [1.165, 1.54) is 25.7 Å². The summed E-state index contributed by atoms with van der Waals surface area (Å²) in [5.74, 6) is 1.04. The SMILES string of the molecule is CC(C(=O)NCC1(N2CCOCC2)CCN(C)CC1)C1CCCC1. The first-order chi connectivity index (χ1) is 11.6. The first kappa shape index (κ1) is 18.2. The standard InChI is InChI=1S/C19H35N3O2/c1-16(17-5-3-4-6-17)18(23)20-15-19(7-9-21(2)10-8-19)22-11-13-24-14-12-22/h16-17H,3-15H2,1-2H3,(H,20,23). The van der Waals surface area contributed by atoms with E-state index >= 15 is 0 Å². The summed E-state index contributed by atoms with van der Waals surface area (Å²) in [6.45, 7) is 8.80. The molecule has 1 N–H and O–H groups in total. The van der Waals surface area contributed by atoms with E-state index in [2.05, 4.69) is 29.1 Å². The molecule has 0 aromatic carbocycles. The van der Waals surface area contributed by atoms with Crippen LogP contribution in [0.5, 0.6) is 0 Å². The molecule has 0 radical (unpaired) electrons. The summed E-state index contributed by atoms with van der Waals surface area (Å²) in [4.78, 5) is 17.7. The zero-order valence-corrected chi connectivity index (χ0v) is 15.6. The Kier molecular flexibility index (Phi) is 6.17. The van der Waals surface area contributed by atoms with Gasteiger partial charge in [-0.1, -0.05) is 19.8 Å². The number of carbonyl (C=O) groups excluding carboxylic acids is 1. The van der Waals surface area contributed by atoms with Crippen molar-refractivity contribution < 1.29 is 9.53 Å². The van der Waals surface area contributed by atoms with Crippen molar-refractivity contribution >= 4 is 5.91 Å². The number of nitrogens with zero attached hydrogens (tertiary/aromatic N) is 2. The summed E-state index contributed by atoms with van der Waals surface area (Å²) in [5.41, 5.74) is 0.126. The molecule has 1 unspecified atom stereocenters. The lowest BCUT2D eigenvalue weighted by atomic mass is 9.84. The number of likely N-dealkylation sites (tertiary alicyclic amines) is 1. The van der Waals surface area contributed by atoms with Crippen molar-refractivity contribution in [3.63, 3.8) is 0 Å². The maximum absolute atomic E-state index is 12.7. The molecule has 0 bridgehead atoms. The molecule has 5 nitrogen and oxygen atoms in total. The van der Waals surface area contributed by atoms with Crippen molar-refractivity contribution in [3.05, 3.63) is 0 Å². The van der Waals surface area contributed by atoms with Gasteiger partial charge in [-0.3, -0.25) is 9.69 Å². The van der Waals surface area contributed by atoms with Crippen LogP contribution in [0.3, 0.4) is 0 Å². The van der Waals surface area contributed by atoms with Crippen LogP contribution in [0.2, 0.25) is 0 Å². The highest BCUT2D eigenvalue weighted by molar-refractivity contribution is 5.78. The molecular formula is C19H35N3O2. The van der Waals surface area contributed by atoms with Gasteiger partial charge in [-0.2, -0.15) is 0 Å². The summed E-state index contributed by atoms with van der Waals surface area (Å²) in [7, 11) is 2.20. The molecule has 1 aliphatic carbocycles. The van der Waals surface area contributed by atoms with E-state index < -0.39 is 0 Å². The second kappa shape index (κ2) is 8.15. The van der Waals surface area contributed by atoms with Crippen LogP contribution >= 0.6 is 0 Å². The fourth-order valence-corrected chi connectivity index (χ4v) is 4.76.